The van der Waals surface area contributed by atoms with Gasteiger partial charge in [-0.3, -0.25) is 4.79 Å². The Labute approximate surface area is 187 Å². The first-order valence-electron chi connectivity index (χ1n) is 10.0. The topological polar surface area (TPSA) is 77.1 Å². The Hall–Kier alpha value is -2.56. The summed E-state index contributed by atoms with van der Waals surface area (Å²) in [5, 5.41) is 5.72. The van der Waals surface area contributed by atoms with Crippen molar-refractivity contribution in [1.29, 1.82) is 0 Å². The molecule has 2 aliphatic heterocycles. The van der Waals surface area contributed by atoms with Crippen LogP contribution in [0.5, 0.6) is 5.75 Å². The van der Waals surface area contributed by atoms with Crippen molar-refractivity contribution in [2.24, 2.45) is 16.8 Å². The molecule has 0 aromatic heterocycles. The minimum absolute atomic E-state index is 0.0920. The number of nitrogens with two attached hydrogens (primary N) is 1. The molecule has 32 heavy (non-hydrogen) atoms. The van der Waals surface area contributed by atoms with Crippen molar-refractivity contribution in [3.8, 4) is 5.75 Å². The number of rotatable bonds is 5. The second-order valence-electron chi connectivity index (χ2n) is 7.58. The molecule has 6 nitrogen and oxygen atoms in total. The van der Waals surface area contributed by atoms with E-state index in [0.29, 0.717) is 17.7 Å². The van der Waals surface area contributed by atoms with Crippen molar-refractivity contribution in [1.82, 2.24) is 5.01 Å². The van der Waals surface area contributed by atoms with Gasteiger partial charge in [-0.15, -0.1) is 0 Å². The molecule has 2 heterocycles. The van der Waals surface area contributed by atoms with Gasteiger partial charge >= 0.3 is 0 Å². The number of fused-ring (bicyclic) bond motifs is 2. The zero-order valence-corrected chi connectivity index (χ0v) is 18.3. The number of halogens is 3. The minimum atomic E-state index is -1.27. The maximum absolute atomic E-state index is 14.6. The van der Waals surface area contributed by atoms with Gasteiger partial charge in [0.2, 0.25) is 0 Å². The first kappa shape index (κ1) is 22.6. The van der Waals surface area contributed by atoms with Gasteiger partial charge in [-0.1, -0.05) is 11.8 Å². The van der Waals surface area contributed by atoms with E-state index in [4.69, 9.17) is 15.2 Å². The third-order valence-electron chi connectivity index (χ3n) is 5.66. The molecule has 2 aromatic rings. The number of hydrogen-bond donors (Lipinski definition) is 1. The van der Waals surface area contributed by atoms with Crippen LogP contribution in [0.2, 0.25) is 0 Å². The predicted octanol–water partition coefficient (Wildman–Crippen LogP) is 3.59. The Bertz CT molecular complexity index is 1080. The van der Waals surface area contributed by atoms with E-state index in [-0.39, 0.29) is 23.8 Å². The van der Waals surface area contributed by atoms with Crippen LogP contribution in [0.15, 0.2) is 41.5 Å². The van der Waals surface area contributed by atoms with Crippen molar-refractivity contribution >= 4 is 22.7 Å². The van der Waals surface area contributed by atoms with Crippen LogP contribution < -0.4 is 10.5 Å². The lowest BCUT2D eigenvalue weighted by Crippen LogP contribution is -2.53. The SMILES string of the molecule is CO[C@@H](C)C(=O)N1N=C(c2cc(F)ccc2F)S[C@]12c1cc(F)ccc1OC[C@@H]2CCN. The maximum Gasteiger partial charge on any atom is 0.273 e. The molecule has 0 unspecified atom stereocenters. The molecule has 2 aliphatic rings. The zero-order chi connectivity index (χ0) is 23.0. The van der Waals surface area contributed by atoms with E-state index in [9.17, 15) is 18.0 Å². The lowest BCUT2D eigenvalue weighted by atomic mass is 9.86. The number of thioether (sulfide) groups is 1. The molecule has 3 atom stereocenters. The van der Waals surface area contributed by atoms with E-state index < -0.39 is 40.3 Å². The van der Waals surface area contributed by atoms with Gasteiger partial charge < -0.3 is 15.2 Å². The third kappa shape index (κ3) is 3.66. The van der Waals surface area contributed by atoms with E-state index in [1.807, 2.05) is 0 Å². The number of carbonyl (C=O) groups excluding carboxylic acids is 1. The number of methoxy groups -OCH3 is 1. The summed E-state index contributed by atoms with van der Waals surface area (Å²) < 4.78 is 54.0. The van der Waals surface area contributed by atoms with Gasteiger partial charge in [0.05, 0.1) is 6.61 Å². The number of nitrogens with zero attached hydrogens (tertiary/aromatic N) is 2. The zero-order valence-electron chi connectivity index (χ0n) is 17.5. The Morgan fingerprint density at radius 1 is 1.31 bits per heavy atom. The Balaban J connectivity index is 1.94. The fourth-order valence-electron chi connectivity index (χ4n) is 3.97. The van der Waals surface area contributed by atoms with Gasteiger partial charge in [0.1, 0.15) is 34.3 Å². The molecule has 0 saturated carbocycles. The summed E-state index contributed by atoms with van der Waals surface area (Å²) in [6.07, 6.45) is -0.464. The maximum atomic E-state index is 14.6. The van der Waals surface area contributed by atoms with Gasteiger partial charge in [0.15, 0.2) is 4.87 Å². The van der Waals surface area contributed by atoms with Crippen molar-refractivity contribution in [3.63, 3.8) is 0 Å². The molecule has 4 rings (SSSR count). The first-order chi connectivity index (χ1) is 15.3. The molecule has 0 bridgehead atoms. The second kappa shape index (κ2) is 8.76. The largest absolute Gasteiger partial charge is 0.493 e. The standard InChI is InChI=1S/C22H22F3N3O3S/c1-12(30-2)21(29)28-22(32-20(27-28)16-9-14(23)3-5-18(16)25)13(7-8-26)11-31-19-6-4-15(24)10-17(19)22/h3-6,9-10,12-13H,7-8,11,26H2,1-2H3/t12-,13-,22+/m0/s1. The lowest BCUT2D eigenvalue weighted by molar-refractivity contribution is -0.147. The molecule has 10 heteroatoms. The summed E-state index contributed by atoms with van der Waals surface area (Å²) in [5.41, 5.74) is 6.13. The highest BCUT2D eigenvalue weighted by atomic mass is 32.2. The average Bonchev–Trinajstić information content (AvgIpc) is 3.17. The van der Waals surface area contributed by atoms with Gasteiger partial charge in [-0.05, 0) is 56.3 Å². The summed E-state index contributed by atoms with van der Waals surface area (Å²) >= 11 is 1.06. The number of carbonyl (C=O) groups is 1. The van der Waals surface area contributed by atoms with Crippen molar-refractivity contribution in [2.75, 3.05) is 20.3 Å². The van der Waals surface area contributed by atoms with Gasteiger partial charge in [-0.2, -0.15) is 5.10 Å². The van der Waals surface area contributed by atoms with E-state index in [1.165, 1.54) is 30.3 Å². The number of benzene rings is 2. The summed E-state index contributed by atoms with van der Waals surface area (Å²) in [6.45, 7) is 2.01. The monoisotopic (exact) mass is 465 g/mol. The number of hydrogen-bond acceptors (Lipinski definition) is 6. The van der Waals surface area contributed by atoms with Gasteiger partial charge in [0, 0.05) is 24.2 Å². The molecule has 0 saturated heterocycles. The van der Waals surface area contributed by atoms with Crippen molar-refractivity contribution < 1.29 is 27.4 Å². The quantitative estimate of drug-likeness (QED) is 0.731. The summed E-state index contributed by atoms with van der Waals surface area (Å²) in [4.78, 5) is 12.1. The van der Waals surface area contributed by atoms with Crippen molar-refractivity contribution in [2.45, 2.75) is 24.3 Å². The summed E-state index contributed by atoms with van der Waals surface area (Å²) in [7, 11) is 1.38. The van der Waals surface area contributed by atoms with Crippen LogP contribution in [0.25, 0.3) is 0 Å². The predicted molar refractivity (Wildman–Crippen MR) is 115 cm³/mol. The van der Waals surface area contributed by atoms with Crippen molar-refractivity contribution in [3.05, 3.63) is 65.0 Å². The smallest absolute Gasteiger partial charge is 0.273 e. The summed E-state index contributed by atoms with van der Waals surface area (Å²) in [5.74, 6) is -2.40. The molecule has 0 radical (unpaired) electrons. The van der Waals surface area contributed by atoms with Crippen LogP contribution in [0.1, 0.15) is 24.5 Å². The summed E-state index contributed by atoms with van der Waals surface area (Å²) in [6, 6.07) is 7.04. The first-order valence-corrected chi connectivity index (χ1v) is 10.9. The van der Waals surface area contributed by atoms with Crippen LogP contribution in [-0.4, -0.2) is 42.3 Å². The van der Waals surface area contributed by atoms with Crippen LogP contribution in [0.3, 0.4) is 0 Å². The molecule has 170 valence electrons. The molecule has 1 spiro atoms. The highest BCUT2D eigenvalue weighted by Gasteiger charge is 2.57. The molecular formula is C22H22F3N3O3S. The van der Waals surface area contributed by atoms with Gasteiger partial charge in [0.25, 0.3) is 5.91 Å². The van der Waals surface area contributed by atoms with Crippen LogP contribution in [0, 0.1) is 23.4 Å². The number of ether oxygens (including phenoxy) is 2. The number of hydrazone groups is 1. The van der Waals surface area contributed by atoms with E-state index in [1.54, 1.807) is 6.92 Å². The molecule has 2 aromatic carbocycles. The Kier molecular flexibility index (Phi) is 6.19. The van der Waals surface area contributed by atoms with E-state index in [0.717, 1.165) is 30.0 Å². The molecule has 2 N–H and O–H groups in total. The second-order valence-corrected chi connectivity index (χ2v) is 8.79. The highest BCUT2D eigenvalue weighted by molar-refractivity contribution is 8.15. The van der Waals surface area contributed by atoms with Crippen LogP contribution >= 0.6 is 11.8 Å². The van der Waals surface area contributed by atoms with Crippen LogP contribution in [-0.2, 0) is 14.4 Å². The normalized spacial score (nSPS) is 23.0. The average molecular weight is 465 g/mol. The molecule has 0 fully saturated rings. The molecule has 1 amide bonds. The highest BCUT2D eigenvalue weighted by Crippen LogP contribution is 2.57. The molecule has 0 aliphatic carbocycles. The van der Waals surface area contributed by atoms with Crippen LogP contribution in [0.4, 0.5) is 13.2 Å². The third-order valence-corrected chi connectivity index (χ3v) is 7.19. The minimum Gasteiger partial charge on any atom is -0.493 e. The van der Waals surface area contributed by atoms with E-state index in [2.05, 4.69) is 5.10 Å². The fourth-order valence-corrected chi connectivity index (χ4v) is 5.49. The van der Waals surface area contributed by atoms with Gasteiger partial charge in [-0.25, -0.2) is 18.2 Å². The molecular weight excluding hydrogens is 443 g/mol. The Morgan fingerprint density at radius 2 is 2.03 bits per heavy atom. The number of amides is 1. The van der Waals surface area contributed by atoms with E-state index >= 15 is 0 Å². The lowest BCUT2D eigenvalue weighted by Gasteiger charge is -2.45. The Morgan fingerprint density at radius 3 is 2.75 bits per heavy atom. The fraction of sp³-hybridized carbons (Fsp3) is 0.364.